The molecule has 4 rings (SSSR count). The second kappa shape index (κ2) is 9.12. The molecule has 1 aliphatic heterocycles. The summed E-state index contributed by atoms with van der Waals surface area (Å²) in [6.45, 7) is 3.84. The monoisotopic (exact) mass is 441 g/mol. The van der Waals surface area contributed by atoms with Crippen molar-refractivity contribution in [1.29, 1.82) is 0 Å². The number of aliphatic hydroxyl groups excluding tert-OH is 1. The molecule has 3 aromatic rings. The molecule has 33 heavy (non-hydrogen) atoms. The van der Waals surface area contributed by atoms with Crippen molar-refractivity contribution in [3.8, 4) is 0 Å². The SMILES string of the molecule is CCOC(=O)c1cccc(N2C(=O)C(=O)/C(=C(/O)c3ccccc3)C2c2cccc(C)c2)c1. The van der Waals surface area contributed by atoms with E-state index in [9.17, 15) is 19.5 Å². The third-order valence-electron chi connectivity index (χ3n) is 5.48. The van der Waals surface area contributed by atoms with Gasteiger partial charge in [-0.3, -0.25) is 14.5 Å². The largest absolute Gasteiger partial charge is 0.507 e. The number of carbonyl (C=O) groups is 3. The lowest BCUT2D eigenvalue weighted by molar-refractivity contribution is -0.132. The van der Waals surface area contributed by atoms with E-state index in [2.05, 4.69) is 0 Å². The number of Topliss-reactive ketones (excluding diaryl/α,β-unsaturated/α-hetero) is 1. The molecular formula is C27H23NO5. The highest BCUT2D eigenvalue weighted by atomic mass is 16.5. The molecule has 0 radical (unpaired) electrons. The number of anilines is 1. The molecular weight excluding hydrogens is 418 g/mol. The zero-order valence-corrected chi connectivity index (χ0v) is 18.3. The fourth-order valence-electron chi connectivity index (χ4n) is 4.00. The first-order valence-electron chi connectivity index (χ1n) is 10.6. The second-order valence-corrected chi connectivity index (χ2v) is 7.72. The van der Waals surface area contributed by atoms with Crippen LogP contribution in [0.5, 0.6) is 0 Å². The number of amides is 1. The van der Waals surface area contributed by atoms with Crippen molar-refractivity contribution in [3.63, 3.8) is 0 Å². The molecule has 1 unspecified atom stereocenters. The first kappa shape index (κ1) is 22.0. The summed E-state index contributed by atoms with van der Waals surface area (Å²) in [5, 5.41) is 11.1. The molecule has 6 nitrogen and oxygen atoms in total. The van der Waals surface area contributed by atoms with Gasteiger partial charge in [0.05, 0.1) is 23.8 Å². The minimum absolute atomic E-state index is 0.00154. The highest BCUT2D eigenvalue weighted by molar-refractivity contribution is 6.51. The van der Waals surface area contributed by atoms with Crippen molar-refractivity contribution in [2.75, 3.05) is 11.5 Å². The molecule has 1 atom stereocenters. The predicted molar refractivity (Wildman–Crippen MR) is 125 cm³/mol. The number of benzene rings is 3. The van der Waals surface area contributed by atoms with E-state index >= 15 is 0 Å². The van der Waals surface area contributed by atoms with Gasteiger partial charge in [0.25, 0.3) is 11.7 Å². The van der Waals surface area contributed by atoms with Gasteiger partial charge < -0.3 is 9.84 Å². The Morgan fingerprint density at radius 2 is 1.64 bits per heavy atom. The fourth-order valence-corrected chi connectivity index (χ4v) is 4.00. The number of hydrogen-bond acceptors (Lipinski definition) is 5. The number of nitrogens with zero attached hydrogens (tertiary/aromatic N) is 1. The fraction of sp³-hybridized carbons (Fsp3) is 0.148. The maximum absolute atomic E-state index is 13.2. The maximum atomic E-state index is 13.2. The molecule has 3 aromatic carbocycles. The lowest BCUT2D eigenvalue weighted by Crippen LogP contribution is -2.29. The van der Waals surface area contributed by atoms with E-state index in [-0.39, 0.29) is 23.5 Å². The van der Waals surface area contributed by atoms with Crippen molar-refractivity contribution < 1.29 is 24.2 Å². The Labute approximate surface area is 191 Å². The summed E-state index contributed by atoms with van der Waals surface area (Å²) in [5.74, 6) is -2.33. The van der Waals surface area contributed by atoms with Gasteiger partial charge in [-0.15, -0.1) is 0 Å². The molecule has 0 saturated carbocycles. The van der Waals surface area contributed by atoms with Crippen molar-refractivity contribution in [2.45, 2.75) is 19.9 Å². The number of ether oxygens (including phenoxy) is 1. The molecule has 1 heterocycles. The number of hydrogen-bond donors (Lipinski definition) is 1. The van der Waals surface area contributed by atoms with Gasteiger partial charge in [-0.05, 0) is 37.6 Å². The summed E-state index contributed by atoms with van der Waals surface area (Å²) >= 11 is 0. The number of ketones is 1. The van der Waals surface area contributed by atoms with Gasteiger partial charge in [0.15, 0.2) is 0 Å². The van der Waals surface area contributed by atoms with Crippen molar-refractivity contribution >= 4 is 29.1 Å². The van der Waals surface area contributed by atoms with Gasteiger partial charge in [-0.2, -0.15) is 0 Å². The summed E-state index contributed by atoms with van der Waals surface area (Å²) < 4.78 is 5.08. The average Bonchev–Trinajstić information content (AvgIpc) is 3.10. The van der Waals surface area contributed by atoms with E-state index in [1.807, 2.05) is 31.2 Å². The molecule has 6 heteroatoms. The summed E-state index contributed by atoms with van der Waals surface area (Å²) in [6.07, 6.45) is 0. The van der Waals surface area contributed by atoms with Gasteiger partial charge >= 0.3 is 5.97 Å². The number of aryl methyl sites for hydroxylation is 1. The quantitative estimate of drug-likeness (QED) is 0.266. The normalized spacial score (nSPS) is 17.3. The molecule has 166 valence electrons. The van der Waals surface area contributed by atoms with Crippen LogP contribution in [0.1, 0.15) is 40.0 Å². The molecule has 1 amide bonds. The first-order chi connectivity index (χ1) is 15.9. The highest BCUT2D eigenvalue weighted by Gasteiger charge is 2.47. The number of rotatable bonds is 5. The molecule has 1 aliphatic rings. The Hall–Kier alpha value is -4.19. The summed E-state index contributed by atoms with van der Waals surface area (Å²) in [6, 6.07) is 21.6. The van der Waals surface area contributed by atoms with Crippen LogP contribution in [0, 0.1) is 6.92 Å². The number of aliphatic hydroxyl groups is 1. The van der Waals surface area contributed by atoms with Crippen LogP contribution >= 0.6 is 0 Å². The summed E-state index contributed by atoms with van der Waals surface area (Å²) in [5.41, 5.74) is 2.68. The average molecular weight is 441 g/mol. The molecule has 0 spiro atoms. The smallest absolute Gasteiger partial charge is 0.338 e. The van der Waals surface area contributed by atoms with Crippen molar-refractivity contribution in [2.24, 2.45) is 0 Å². The Morgan fingerprint density at radius 3 is 2.33 bits per heavy atom. The Bertz CT molecular complexity index is 1260. The third-order valence-corrected chi connectivity index (χ3v) is 5.48. The Morgan fingerprint density at radius 1 is 0.939 bits per heavy atom. The van der Waals surface area contributed by atoms with Crippen LogP contribution in [0.2, 0.25) is 0 Å². The standard InChI is InChI=1S/C27H23NO5/c1-3-33-27(32)20-13-8-14-21(16-20)28-23(19-12-7-9-17(2)15-19)22(25(30)26(28)31)24(29)18-10-5-4-6-11-18/h4-16,23,29H,3H2,1-2H3/b24-22+. The number of carbonyl (C=O) groups excluding carboxylic acids is 3. The summed E-state index contributed by atoms with van der Waals surface area (Å²) in [4.78, 5) is 40.0. The van der Waals surface area contributed by atoms with E-state index < -0.39 is 23.7 Å². The minimum atomic E-state index is -0.859. The molecule has 0 aliphatic carbocycles. The number of esters is 1. The van der Waals surface area contributed by atoms with E-state index in [1.165, 1.54) is 11.0 Å². The topological polar surface area (TPSA) is 83.9 Å². The van der Waals surface area contributed by atoms with Gasteiger partial charge in [0.1, 0.15) is 5.76 Å². The maximum Gasteiger partial charge on any atom is 0.338 e. The lowest BCUT2D eigenvalue weighted by Gasteiger charge is -2.26. The van der Waals surface area contributed by atoms with Crippen LogP contribution in [-0.2, 0) is 14.3 Å². The molecule has 0 bridgehead atoms. The van der Waals surface area contributed by atoms with E-state index in [4.69, 9.17) is 4.74 Å². The minimum Gasteiger partial charge on any atom is -0.507 e. The third kappa shape index (κ3) is 4.15. The van der Waals surface area contributed by atoms with Crippen LogP contribution in [-0.4, -0.2) is 29.4 Å². The van der Waals surface area contributed by atoms with E-state index in [0.717, 1.165) is 5.56 Å². The van der Waals surface area contributed by atoms with Crippen LogP contribution in [0.4, 0.5) is 5.69 Å². The predicted octanol–water partition coefficient (Wildman–Crippen LogP) is 4.80. The van der Waals surface area contributed by atoms with Crippen LogP contribution in [0.15, 0.2) is 84.4 Å². The zero-order chi connectivity index (χ0) is 23.5. The van der Waals surface area contributed by atoms with Crippen LogP contribution in [0.25, 0.3) is 5.76 Å². The highest BCUT2D eigenvalue weighted by Crippen LogP contribution is 2.42. The second-order valence-electron chi connectivity index (χ2n) is 7.72. The Balaban J connectivity index is 1.92. The Kier molecular flexibility index (Phi) is 6.09. The van der Waals surface area contributed by atoms with E-state index in [0.29, 0.717) is 16.8 Å². The van der Waals surface area contributed by atoms with Gasteiger partial charge in [0.2, 0.25) is 0 Å². The summed E-state index contributed by atoms with van der Waals surface area (Å²) in [7, 11) is 0. The van der Waals surface area contributed by atoms with Crippen molar-refractivity contribution in [3.05, 3.63) is 107 Å². The van der Waals surface area contributed by atoms with Gasteiger partial charge in [0, 0.05) is 11.3 Å². The molecule has 1 N–H and O–H groups in total. The van der Waals surface area contributed by atoms with Gasteiger partial charge in [-0.25, -0.2) is 4.79 Å². The molecule has 0 aromatic heterocycles. The lowest BCUT2D eigenvalue weighted by atomic mass is 9.94. The van der Waals surface area contributed by atoms with Gasteiger partial charge in [-0.1, -0.05) is 66.2 Å². The molecule has 1 fully saturated rings. The van der Waals surface area contributed by atoms with Crippen molar-refractivity contribution in [1.82, 2.24) is 0 Å². The zero-order valence-electron chi connectivity index (χ0n) is 18.3. The molecule has 1 saturated heterocycles. The van der Waals surface area contributed by atoms with E-state index in [1.54, 1.807) is 55.5 Å². The first-order valence-corrected chi connectivity index (χ1v) is 10.6. The van der Waals surface area contributed by atoms with Crippen LogP contribution < -0.4 is 4.90 Å². The van der Waals surface area contributed by atoms with Crippen LogP contribution in [0.3, 0.4) is 0 Å².